The van der Waals surface area contributed by atoms with Crippen LogP contribution >= 0.6 is 11.3 Å². The van der Waals surface area contributed by atoms with Crippen LogP contribution in [0.15, 0.2) is 42.5 Å². The molecule has 1 N–H and O–H groups in total. The van der Waals surface area contributed by atoms with Gasteiger partial charge in [-0.1, -0.05) is 11.3 Å². The molecule has 1 heterocycles. The minimum absolute atomic E-state index is 0.0710. The second-order valence-electron chi connectivity index (χ2n) is 5.06. The van der Waals surface area contributed by atoms with Gasteiger partial charge in [-0.05, 0) is 36.4 Å². The molecule has 2 aromatic carbocycles. The number of anilines is 2. The largest absolute Gasteiger partial charge is 0.497 e. The molecule has 0 aliphatic carbocycles. The van der Waals surface area contributed by atoms with E-state index >= 15 is 0 Å². The van der Waals surface area contributed by atoms with Crippen molar-refractivity contribution in [2.75, 3.05) is 17.3 Å². The van der Waals surface area contributed by atoms with Gasteiger partial charge in [0.25, 0.3) is 0 Å². The van der Waals surface area contributed by atoms with E-state index < -0.39 is 18.1 Å². The van der Waals surface area contributed by atoms with Crippen LogP contribution in [0.1, 0.15) is 0 Å². The Balaban J connectivity index is 1.89. The van der Waals surface area contributed by atoms with Crippen molar-refractivity contribution in [2.45, 2.75) is 6.30 Å². The number of nitrogens with one attached hydrogen (secondary N) is 1. The van der Waals surface area contributed by atoms with Gasteiger partial charge >= 0.3 is 12.3 Å². The molecule has 2 amide bonds. The molecule has 0 saturated heterocycles. The number of aromatic nitrogens is 1. The number of urea groups is 1. The summed E-state index contributed by atoms with van der Waals surface area (Å²) >= 11 is 0.940. The van der Waals surface area contributed by atoms with E-state index in [1.807, 2.05) is 0 Å². The number of benzene rings is 2. The van der Waals surface area contributed by atoms with Crippen LogP contribution in [0.2, 0.25) is 0 Å². The van der Waals surface area contributed by atoms with Crippen LogP contribution in [0.25, 0.3) is 10.2 Å². The second-order valence-corrected chi connectivity index (χ2v) is 6.09. The number of alkyl halides is 3. The minimum Gasteiger partial charge on any atom is -0.497 e. The van der Waals surface area contributed by atoms with Crippen molar-refractivity contribution < 1.29 is 27.1 Å². The highest BCUT2D eigenvalue weighted by molar-refractivity contribution is 7.22. The Bertz CT molecular complexity index is 941. The Morgan fingerprint density at radius 1 is 1.19 bits per heavy atom. The van der Waals surface area contributed by atoms with Crippen LogP contribution in [-0.2, 0) is 0 Å². The molecule has 0 aliphatic heterocycles. The van der Waals surface area contributed by atoms with Gasteiger partial charge in [-0.2, -0.15) is 0 Å². The summed E-state index contributed by atoms with van der Waals surface area (Å²) in [4.78, 5) is 15.8. The van der Waals surface area contributed by atoms with Gasteiger partial charge < -0.3 is 4.74 Å². The molecule has 0 atom stereocenters. The predicted octanol–water partition coefficient (Wildman–Crippen LogP) is 5.00. The fourth-order valence-corrected chi connectivity index (χ4v) is 3.05. The maximum atomic E-state index is 13.4. The molecule has 0 fully saturated rings. The summed E-state index contributed by atoms with van der Waals surface area (Å²) in [7, 11) is 1.37. The lowest BCUT2D eigenvalue weighted by molar-refractivity contribution is -0.120. The van der Waals surface area contributed by atoms with Crippen molar-refractivity contribution in [1.82, 2.24) is 4.98 Å². The maximum Gasteiger partial charge on any atom is 0.493 e. The zero-order chi connectivity index (χ0) is 18.9. The summed E-state index contributed by atoms with van der Waals surface area (Å²) in [6.07, 6.45) is -4.96. The first-order valence-electron chi connectivity index (χ1n) is 7.16. The fourth-order valence-electron chi connectivity index (χ4n) is 2.21. The SMILES string of the molecule is COc1ccc(N(C(=O)Nc2nc3cc(F)ccc3s2)C(F)(F)F)cc1. The Kier molecular flexibility index (Phi) is 4.68. The number of thiazole rings is 1. The van der Waals surface area contributed by atoms with Crippen LogP contribution in [0.4, 0.5) is 33.2 Å². The maximum absolute atomic E-state index is 13.4. The molecule has 10 heteroatoms. The molecule has 26 heavy (non-hydrogen) atoms. The lowest BCUT2D eigenvalue weighted by atomic mass is 10.3. The zero-order valence-corrected chi connectivity index (χ0v) is 14.0. The minimum atomic E-state index is -4.96. The van der Waals surface area contributed by atoms with Crippen molar-refractivity contribution in [3.63, 3.8) is 0 Å². The quantitative estimate of drug-likeness (QED) is 0.510. The highest BCUT2D eigenvalue weighted by atomic mass is 32.1. The van der Waals surface area contributed by atoms with Gasteiger partial charge in [0, 0.05) is 6.07 Å². The molecular weight excluding hydrogens is 374 g/mol. The monoisotopic (exact) mass is 385 g/mol. The number of rotatable bonds is 3. The van der Waals surface area contributed by atoms with Gasteiger partial charge in [0.15, 0.2) is 5.13 Å². The molecule has 1 aromatic heterocycles. The molecule has 0 bridgehead atoms. The summed E-state index contributed by atoms with van der Waals surface area (Å²) in [6.45, 7) is 0. The van der Waals surface area contributed by atoms with E-state index in [4.69, 9.17) is 4.74 Å². The normalized spacial score (nSPS) is 11.4. The Hall–Kier alpha value is -2.88. The average Bonchev–Trinajstić information content (AvgIpc) is 2.95. The van der Waals surface area contributed by atoms with E-state index in [9.17, 15) is 22.4 Å². The second kappa shape index (κ2) is 6.79. The Morgan fingerprint density at radius 2 is 1.88 bits per heavy atom. The molecular formula is C16H11F4N3O2S. The first kappa shape index (κ1) is 17.9. The topological polar surface area (TPSA) is 54.5 Å². The van der Waals surface area contributed by atoms with E-state index in [0.29, 0.717) is 10.4 Å². The Morgan fingerprint density at radius 3 is 2.50 bits per heavy atom. The number of carbonyl (C=O) groups excluding carboxylic acids is 1. The number of carbonyl (C=O) groups is 1. The van der Waals surface area contributed by atoms with Crippen molar-refractivity contribution in [3.05, 3.63) is 48.3 Å². The van der Waals surface area contributed by atoms with Gasteiger partial charge in [-0.3, -0.25) is 5.32 Å². The smallest absolute Gasteiger partial charge is 0.493 e. The van der Waals surface area contributed by atoms with Crippen molar-refractivity contribution >= 4 is 38.4 Å². The van der Waals surface area contributed by atoms with E-state index in [0.717, 1.165) is 29.5 Å². The highest BCUT2D eigenvalue weighted by Gasteiger charge is 2.42. The summed E-state index contributed by atoms with van der Waals surface area (Å²) in [5, 5.41) is 2.03. The van der Waals surface area contributed by atoms with Crippen LogP contribution in [-0.4, -0.2) is 24.4 Å². The van der Waals surface area contributed by atoms with Crippen LogP contribution in [0.5, 0.6) is 5.75 Å². The summed E-state index contributed by atoms with van der Waals surface area (Å²) in [6, 6.07) is 7.17. The number of amides is 2. The summed E-state index contributed by atoms with van der Waals surface area (Å²) < 4.78 is 58.7. The van der Waals surface area contributed by atoms with E-state index in [2.05, 4.69) is 10.3 Å². The molecule has 136 valence electrons. The lowest BCUT2D eigenvalue weighted by Gasteiger charge is -2.24. The van der Waals surface area contributed by atoms with Crippen molar-refractivity contribution in [3.8, 4) is 5.75 Å². The van der Waals surface area contributed by atoms with Gasteiger partial charge in [0.2, 0.25) is 0 Å². The van der Waals surface area contributed by atoms with Crippen LogP contribution in [0.3, 0.4) is 0 Å². The molecule has 5 nitrogen and oxygen atoms in total. The number of hydrogen-bond donors (Lipinski definition) is 1. The van der Waals surface area contributed by atoms with E-state index in [-0.39, 0.29) is 21.2 Å². The standard InChI is InChI=1S/C16H11F4N3O2S/c1-25-11-5-3-10(4-6-11)23(16(18,19)20)15(24)22-14-21-12-8-9(17)2-7-13(12)26-14/h2-8H,1H3,(H,21,22,24). The number of hydrogen-bond acceptors (Lipinski definition) is 4. The highest BCUT2D eigenvalue weighted by Crippen LogP contribution is 2.32. The van der Waals surface area contributed by atoms with Crippen LogP contribution in [0, 0.1) is 5.82 Å². The number of ether oxygens (including phenoxy) is 1. The number of methoxy groups -OCH3 is 1. The third-order valence-electron chi connectivity index (χ3n) is 3.35. The molecule has 3 aromatic rings. The van der Waals surface area contributed by atoms with E-state index in [1.54, 1.807) is 0 Å². The first-order valence-corrected chi connectivity index (χ1v) is 7.97. The molecule has 3 rings (SSSR count). The zero-order valence-electron chi connectivity index (χ0n) is 13.2. The predicted molar refractivity (Wildman–Crippen MR) is 90.1 cm³/mol. The number of nitrogens with zero attached hydrogens (tertiary/aromatic N) is 2. The molecule has 0 aliphatic rings. The van der Waals surface area contributed by atoms with Crippen LogP contribution < -0.4 is 15.0 Å². The van der Waals surface area contributed by atoms with Gasteiger partial charge in [0.1, 0.15) is 11.6 Å². The number of fused-ring (bicyclic) bond motifs is 1. The Labute approximate surface area is 148 Å². The molecule has 0 unspecified atom stereocenters. The average molecular weight is 385 g/mol. The molecule has 0 spiro atoms. The molecule has 0 radical (unpaired) electrons. The third kappa shape index (κ3) is 3.69. The molecule has 0 saturated carbocycles. The van der Waals surface area contributed by atoms with Gasteiger partial charge in [-0.25, -0.2) is 19.1 Å². The summed E-state index contributed by atoms with van der Waals surface area (Å²) in [5.74, 6) is -0.180. The lowest BCUT2D eigenvalue weighted by Crippen LogP contribution is -2.45. The van der Waals surface area contributed by atoms with Crippen molar-refractivity contribution in [1.29, 1.82) is 0 Å². The van der Waals surface area contributed by atoms with Crippen molar-refractivity contribution in [2.24, 2.45) is 0 Å². The van der Waals surface area contributed by atoms with Gasteiger partial charge in [-0.15, -0.1) is 13.2 Å². The first-order chi connectivity index (χ1) is 12.3. The van der Waals surface area contributed by atoms with Gasteiger partial charge in [0.05, 0.1) is 23.0 Å². The fraction of sp³-hybridized carbons (Fsp3) is 0.125. The number of halogens is 4. The van der Waals surface area contributed by atoms with E-state index in [1.165, 1.54) is 31.4 Å². The summed E-state index contributed by atoms with van der Waals surface area (Å²) in [5.41, 5.74) is -0.142. The third-order valence-corrected chi connectivity index (χ3v) is 4.30.